The summed E-state index contributed by atoms with van der Waals surface area (Å²) in [6.07, 6.45) is 5.44. The normalized spacial score (nSPS) is 18.7. The molecule has 1 heterocycles. The summed E-state index contributed by atoms with van der Waals surface area (Å²) < 4.78 is 64.3. The molecular formula is C28H26F4O. The Morgan fingerprint density at radius 3 is 1.94 bits per heavy atom. The van der Waals surface area contributed by atoms with Gasteiger partial charge in [0.2, 0.25) is 0 Å². The molecule has 1 saturated heterocycles. The molecule has 0 radical (unpaired) electrons. The average molecular weight is 455 g/mol. The van der Waals surface area contributed by atoms with Crippen molar-refractivity contribution >= 4 is 0 Å². The van der Waals surface area contributed by atoms with Gasteiger partial charge >= 0.3 is 0 Å². The number of benzene rings is 3. The van der Waals surface area contributed by atoms with E-state index in [1.165, 1.54) is 6.07 Å². The topological polar surface area (TPSA) is 9.23 Å². The third-order valence-electron chi connectivity index (χ3n) is 6.28. The van der Waals surface area contributed by atoms with Crippen molar-refractivity contribution in [3.63, 3.8) is 0 Å². The van der Waals surface area contributed by atoms with Crippen LogP contribution in [0.25, 0.3) is 22.3 Å². The third-order valence-corrected chi connectivity index (χ3v) is 6.28. The lowest BCUT2D eigenvalue weighted by Gasteiger charge is -2.28. The highest BCUT2D eigenvalue weighted by Gasteiger charge is 2.26. The van der Waals surface area contributed by atoms with Crippen LogP contribution in [0, 0.1) is 29.2 Å². The van der Waals surface area contributed by atoms with Crippen molar-refractivity contribution in [1.82, 2.24) is 0 Å². The van der Waals surface area contributed by atoms with Crippen LogP contribution in [0.4, 0.5) is 17.6 Å². The minimum atomic E-state index is -0.941. The monoisotopic (exact) mass is 454 g/mol. The van der Waals surface area contributed by atoms with Gasteiger partial charge in [0.25, 0.3) is 0 Å². The fourth-order valence-corrected chi connectivity index (χ4v) is 4.39. The molecule has 3 aromatic carbocycles. The van der Waals surface area contributed by atoms with E-state index in [1.54, 1.807) is 49.4 Å². The van der Waals surface area contributed by atoms with Crippen molar-refractivity contribution in [1.29, 1.82) is 0 Å². The van der Waals surface area contributed by atoms with Gasteiger partial charge in [-0.3, -0.25) is 0 Å². The second kappa shape index (κ2) is 9.92. The molecule has 0 aliphatic carbocycles. The Bertz CT molecular complexity index is 1160. The van der Waals surface area contributed by atoms with Crippen LogP contribution < -0.4 is 0 Å². The zero-order chi connectivity index (χ0) is 23.5. The Morgan fingerprint density at radius 1 is 0.788 bits per heavy atom. The first-order valence-corrected chi connectivity index (χ1v) is 11.2. The summed E-state index contributed by atoms with van der Waals surface area (Å²) in [6.45, 7) is 4.19. The summed E-state index contributed by atoms with van der Waals surface area (Å²) >= 11 is 0. The SMILES string of the molecule is C/C=C/C1CCC(c2ccc(-c3ccc(-c4ccc(CC)c(F)c4F)cc3)c(F)c2F)OC1. The van der Waals surface area contributed by atoms with Crippen LogP contribution in [0.2, 0.25) is 0 Å². The van der Waals surface area contributed by atoms with Crippen LogP contribution in [0.5, 0.6) is 0 Å². The zero-order valence-corrected chi connectivity index (χ0v) is 18.7. The lowest BCUT2D eigenvalue weighted by Crippen LogP contribution is -2.20. The quantitative estimate of drug-likeness (QED) is 0.279. The van der Waals surface area contributed by atoms with Crippen molar-refractivity contribution in [3.8, 4) is 22.3 Å². The molecule has 2 unspecified atom stereocenters. The Balaban J connectivity index is 1.58. The van der Waals surface area contributed by atoms with E-state index in [0.717, 1.165) is 6.42 Å². The lowest BCUT2D eigenvalue weighted by atomic mass is 9.92. The van der Waals surface area contributed by atoms with Crippen LogP contribution in [0.3, 0.4) is 0 Å². The molecule has 1 nitrogen and oxygen atoms in total. The van der Waals surface area contributed by atoms with E-state index < -0.39 is 29.4 Å². The number of hydrogen-bond acceptors (Lipinski definition) is 1. The number of halogens is 4. The van der Waals surface area contributed by atoms with Gasteiger partial charge in [0.15, 0.2) is 23.3 Å². The molecule has 0 bridgehead atoms. The Morgan fingerprint density at radius 2 is 1.39 bits per heavy atom. The second-order valence-electron chi connectivity index (χ2n) is 8.35. The van der Waals surface area contributed by atoms with Crippen LogP contribution in [0.1, 0.15) is 43.9 Å². The molecule has 33 heavy (non-hydrogen) atoms. The number of aryl methyl sites for hydroxylation is 1. The largest absolute Gasteiger partial charge is 0.373 e. The predicted octanol–water partition coefficient (Wildman–Crippen LogP) is 8.18. The molecule has 172 valence electrons. The van der Waals surface area contributed by atoms with Crippen molar-refractivity contribution in [2.75, 3.05) is 6.61 Å². The van der Waals surface area contributed by atoms with Crippen LogP contribution in [-0.2, 0) is 11.2 Å². The van der Waals surface area contributed by atoms with Gasteiger partial charge in [-0.15, -0.1) is 0 Å². The smallest absolute Gasteiger partial charge is 0.167 e. The highest BCUT2D eigenvalue weighted by atomic mass is 19.2. The van der Waals surface area contributed by atoms with Gasteiger partial charge < -0.3 is 4.74 Å². The third kappa shape index (κ3) is 4.60. The standard InChI is InChI=1S/C28H26F4O/c1-3-5-17-6-15-24(33-16-17)23-14-13-22(27(31)28(23)32)20-9-7-19(8-10-20)21-12-11-18(4-2)25(29)26(21)30/h3,5,7-14,17,24H,4,6,15-16H2,1-2H3/b5-3+. The highest BCUT2D eigenvalue weighted by Crippen LogP contribution is 2.36. The van der Waals surface area contributed by atoms with Crippen molar-refractivity contribution < 1.29 is 22.3 Å². The Hall–Kier alpha value is -2.92. The number of allylic oxidation sites excluding steroid dienone is 1. The fourth-order valence-electron chi connectivity index (χ4n) is 4.39. The molecule has 1 aliphatic heterocycles. The van der Waals surface area contributed by atoms with Gasteiger partial charge in [-0.05, 0) is 42.9 Å². The molecule has 1 aliphatic rings. The number of hydrogen-bond donors (Lipinski definition) is 0. The van der Waals surface area contributed by atoms with Crippen LogP contribution >= 0.6 is 0 Å². The van der Waals surface area contributed by atoms with E-state index in [0.29, 0.717) is 42.1 Å². The summed E-state index contributed by atoms with van der Waals surface area (Å²) in [7, 11) is 0. The van der Waals surface area contributed by atoms with E-state index in [4.69, 9.17) is 4.74 Å². The second-order valence-corrected chi connectivity index (χ2v) is 8.35. The van der Waals surface area contributed by atoms with E-state index in [1.807, 2.05) is 13.0 Å². The number of ether oxygens (including phenoxy) is 1. The first kappa shape index (κ1) is 23.2. The van der Waals surface area contributed by atoms with Gasteiger partial charge in [0, 0.05) is 22.6 Å². The van der Waals surface area contributed by atoms with E-state index >= 15 is 0 Å². The van der Waals surface area contributed by atoms with Gasteiger partial charge in [-0.2, -0.15) is 0 Å². The first-order chi connectivity index (χ1) is 15.9. The molecule has 0 aromatic heterocycles. The first-order valence-electron chi connectivity index (χ1n) is 11.2. The molecule has 0 spiro atoms. The minimum Gasteiger partial charge on any atom is -0.373 e. The van der Waals surface area contributed by atoms with Crippen molar-refractivity contribution in [2.45, 2.75) is 39.2 Å². The molecule has 1 fully saturated rings. The Kier molecular flexibility index (Phi) is 6.99. The van der Waals surface area contributed by atoms with Gasteiger partial charge in [-0.25, -0.2) is 17.6 Å². The van der Waals surface area contributed by atoms with E-state index in [-0.39, 0.29) is 16.7 Å². The molecule has 3 aromatic rings. The zero-order valence-electron chi connectivity index (χ0n) is 18.7. The molecule has 0 saturated carbocycles. The summed E-state index contributed by atoms with van der Waals surface area (Å²) in [6, 6.07) is 12.5. The molecule has 5 heteroatoms. The fraction of sp³-hybridized carbons (Fsp3) is 0.286. The van der Waals surface area contributed by atoms with Crippen molar-refractivity contribution in [3.05, 3.63) is 95.1 Å². The molecular weight excluding hydrogens is 428 g/mol. The summed E-state index contributed by atoms with van der Waals surface area (Å²) in [5, 5.41) is 0. The molecule has 0 amide bonds. The predicted molar refractivity (Wildman–Crippen MR) is 123 cm³/mol. The highest BCUT2D eigenvalue weighted by molar-refractivity contribution is 5.71. The van der Waals surface area contributed by atoms with E-state index in [2.05, 4.69) is 6.08 Å². The Labute approximate surface area is 191 Å². The maximum atomic E-state index is 15.0. The maximum Gasteiger partial charge on any atom is 0.167 e. The van der Waals surface area contributed by atoms with Crippen molar-refractivity contribution in [2.24, 2.45) is 5.92 Å². The minimum absolute atomic E-state index is 0.110. The van der Waals surface area contributed by atoms with Gasteiger partial charge in [0.05, 0.1) is 12.7 Å². The summed E-state index contributed by atoms with van der Waals surface area (Å²) in [5.74, 6) is -3.32. The molecule has 4 rings (SSSR count). The molecule has 0 N–H and O–H groups in total. The maximum absolute atomic E-state index is 15.0. The molecule has 2 atom stereocenters. The van der Waals surface area contributed by atoms with Crippen LogP contribution in [-0.4, -0.2) is 6.61 Å². The summed E-state index contributed by atoms with van der Waals surface area (Å²) in [5.41, 5.74) is 1.68. The average Bonchev–Trinajstić information content (AvgIpc) is 2.84. The summed E-state index contributed by atoms with van der Waals surface area (Å²) in [4.78, 5) is 0. The van der Waals surface area contributed by atoms with Gasteiger partial charge in [-0.1, -0.05) is 67.6 Å². The van der Waals surface area contributed by atoms with Crippen LogP contribution in [0.15, 0.2) is 60.7 Å². The van der Waals surface area contributed by atoms with E-state index in [9.17, 15) is 17.6 Å². The lowest BCUT2D eigenvalue weighted by molar-refractivity contribution is -0.00743. The number of rotatable bonds is 5. The van der Waals surface area contributed by atoms with Gasteiger partial charge in [0.1, 0.15) is 0 Å².